The van der Waals surface area contributed by atoms with E-state index in [1.807, 2.05) is 27.7 Å². The van der Waals surface area contributed by atoms with Gasteiger partial charge in [0.2, 0.25) is 0 Å². The molecule has 6 heteroatoms. The van der Waals surface area contributed by atoms with Gasteiger partial charge in [-0.25, -0.2) is 9.59 Å². The van der Waals surface area contributed by atoms with E-state index in [-0.39, 0.29) is 11.4 Å². The van der Waals surface area contributed by atoms with Crippen LogP contribution in [0.5, 0.6) is 0 Å². The first-order valence-electron chi connectivity index (χ1n) is 9.70. The van der Waals surface area contributed by atoms with Crippen molar-refractivity contribution < 1.29 is 19.1 Å². The lowest BCUT2D eigenvalue weighted by atomic mass is 9.43. The van der Waals surface area contributed by atoms with Crippen molar-refractivity contribution in [2.45, 2.75) is 84.5 Å². The van der Waals surface area contributed by atoms with Crippen LogP contribution < -0.4 is 5.32 Å². The Kier molecular flexibility index (Phi) is 4.60. The zero-order chi connectivity index (χ0) is 19.3. The molecular weight excluding hydrogens is 332 g/mol. The van der Waals surface area contributed by atoms with E-state index in [0.29, 0.717) is 31.2 Å². The third-order valence-corrected chi connectivity index (χ3v) is 6.37. The Morgan fingerprint density at radius 1 is 1.35 bits per heavy atom. The summed E-state index contributed by atoms with van der Waals surface area (Å²) < 4.78 is 11.1. The number of carbonyl (C=O) groups is 2. The molecule has 146 valence electrons. The van der Waals surface area contributed by atoms with Gasteiger partial charge < -0.3 is 14.8 Å². The average Bonchev–Trinajstić information content (AvgIpc) is 2.48. The van der Waals surface area contributed by atoms with Crippen LogP contribution in [-0.4, -0.2) is 41.6 Å². The van der Waals surface area contributed by atoms with Gasteiger partial charge in [-0.05, 0) is 64.7 Å². The Labute approximate surface area is 156 Å². The van der Waals surface area contributed by atoms with Gasteiger partial charge in [-0.3, -0.25) is 4.99 Å². The molecule has 4 rings (SSSR count). The lowest BCUT2D eigenvalue weighted by molar-refractivity contribution is -0.187. The molecule has 6 nitrogen and oxygen atoms in total. The Hall–Kier alpha value is -1.59. The van der Waals surface area contributed by atoms with Crippen LogP contribution in [0.2, 0.25) is 0 Å². The van der Waals surface area contributed by atoms with E-state index in [1.165, 1.54) is 0 Å². The molecule has 0 saturated heterocycles. The zero-order valence-electron chi connectivity index (χ0n) is 16.8. The molecule has 2 bridgehead atoms. The standard InChI is InChI=1S/C20H32N2O4/c1-18(2,3)26-17(24)21-9-7-8-13-16(23)25-20(6)14-10-12(19(14,4)5)11-15(20)22-13/h12-14H,7-11H2,1-6H3,(H,21,24)/t12-,13-,14-,20-/m0/s1. The summed E-state index contributed by atoms with van der Waals surface area (Å²) in [7, 11) is 0. The smallest absolute Gasteiger partial charge is 0.407 e. The van der Waals surface area contributed by atoms with Gasteiger partial charge in [-0.2, -0.15) is 0 Å². The van der Waals surface area contributed by atoms with Crippen LogP contribution in [0.3, 0.4) is 0 Å². The Balaban J connectivity index is 1.54. The number of alkyl carbamates (subject to hydrolysis) is 1. The van der Waals surface area contributed by atoms with Crippen LogP contribution in [0.15, 0.2) is 4.99 Å². The number of amides is 1. The third kappa shape index (κ3) is 3.35. The minimum Gasteiger partial charge on any atom is -0.451 e. The predicted molar refractivity (Wildman–Crippen MR) is 99.2 cm³/mol. The van der Waals surface area contributed by atoms with Crippen molar-refractivity contribution >= 4 is 17.8 Å². The van der Waals surface area contributed by atoms with Gasteiger partial charge >= 0.3 is 12.1 Å². The molecular formula is C20H32N2O4. The van der Waals surface area contributed by atoms with Crippen molar-refractivity contribution in [2.24, 2.45) is 22.2 Å². The SMILES string of the molecule is CC(C)(C)OC(=O)NCCC[C@@H]1N=C2C[C@@H]3C[C@@H](C3(C)C)[C@]2(C)OC1=O. The maximum absolute atomic E-state index is 12.5. The molecule has 0 aromatic rings. The molecule has 4 atom stereocenters. The largest absolute Gasteiger partial charge is 0.451 e. The monoisotopic (exact) mass is 364 g/mol. The summed E-state index contributed by atoms with van der Waals surface area (Å²) in [5, 5.41) is 2.72. The first-order valence-corrected chi connectivity index (χ1v) is 9.70. The molecule has 3 saturated carbocycles. The van der Waals surface area contributed by atoms with Crippen molar-refractivity contribution in [1.29, 1.82) is 0 Å². The minimum atomic E-state index is -0.527. The maximum atomic E-state index is 12.5. The highest BCUT2D eigenvalue weighted by atomic mass is 16.6. The van der Waals surface area contributed by atoms with E-state index in [1.54, 1.807) is 0 Å². The fourth-order valence-corrected chi connectivity index (χ4v) is 4.75. The van der Waals surface area contributed by atoms with Crippen LogP contribution in [0.1, 0.15) is 67.2 Å². The van der Waals surface area contributed by atoms with Crippen molar-refractivity contribution in [3.8, 4) is 0 Å². The molecule has 0 unspecified atom stereocenters. The molecule has 4 aliphatic rings. The second-order valence-electron chi connectivity index (χ2n) is 9.70. The van der Waals surface area contributed by atoms with Crippen LogP contribution in [0.25, 0.3) is 0 Å². The van der Waals surface area contributed by atoms with E-state index >= 15 is 0 Å². The minimum absolute atomic E-state index is 0.220. The second-order valence-corrected chi connectivity index (χ2v) is 9.70. The van der Waals surface area contributed by atoms with Gasteiger partial charge in [0.05, 0.1) is 5.71 Å². The number of hydrogen-bond acceptors (Lipinski definition) is 5. The fourth-order valence-electron chi connectivity index (χ4n) is 4.75. The normalized spacial score (nSPS) is 34.8. The van der Waals surface area contributed by atoms with E-state index in [4.69, 9.17) is 14.5 Å². The van der Waals surface area contributed by atoms with Crippen LogP contribution in [-0.2, 0) is 14.3 Å². The summed E-state index contributed by atoms with van der Waals surface area (Å²) in [5.74, 6) is 0.784. The van der Waals surface area contributed by atoms with Gasteiger partial charge in [0.15, 0.2) is 5.60 Å². The number of esters is 1. The van der Waals surface area contributed by atoms with Crippen molar-refractivity contribution in [1.82, 2.24) is 5.32 Å². The maximum Gasteiger partial charge on any atom is 0.407 e. The lowest BCUT2D eigenvalue weighted by Gasteiger charge is -2.64. The van der Waals surface area contributed by atoms with E-state index in [0.717, 1.165) is 18.6 Å². The summed E-state index contributed by atoms with van der Waals surface area (Å²) in [6, 6.07) is -0.445. The molecule has 3 fully saturated rings. The third-order valence-electron chi connectivity index (χ3n) is 6.37. The number of nitrogens with zero attached hydrogens (tertiary/aromatic N) is 1. The van der Waals surface area contributed by atoms with Crippen molar-refractivity contribution in [3.05, 3.63) is 0 Å². The second kappa shape index (κ2) is 6.24. The molecule has 3 aliphatic carbocycles. The first-order chi connectivity index (χ1) is 11.9. The number of hydrogen-bond donors (Lipinski definition) is 1. The van der Waals surface area contributed by atoms with Gasteiger partial charge in [-0.1, -0.05) is 13.8 Å². The predicted octanol–water partition coefficient (Wildman–Crippen LogP) is 3.48. The number of ether oxygens (including phenoxy) is 2. The molecule has 26 heavy (non-hydrogen) atoms. The Bertz CT molecular complexity index is 634. The van der Waals surface area contributed by atoms with Gasteiger partial charge in [0, 0.05) is 12.5 Å². The van der Waals surface area contributed by atoms with Crippen LogP contribution in [0.4, 0.5) is 4.79 Å². The molecule has 1 heterocycles. The Morgan fingerprint density at radius 2 is 2.04 bits per heavy atom. The van der Waals surface area contributed by atoms with E-state index < -0.39 is 23.3 Å². The van der Waals surface area contributed by atoms with Crippen molar-refractivity contribution in [2.75, 3.05) is 6.54 Å². The molecule has 0 spiro atoms. The topological polar surface area (TPSA) is 77.0 Å². The molecule has 1 aliphatic heterocycles. The molecule has 0 radical (unpaired) electrons. The van der Waals surface area contributed by atoms with Crippen molar-refractivity contribution in [3.63, 3.8) is 0 Å². The van der Waals surface area contributed by atoms with E-state index in [9.17, 15) is 9.59 Å². The average molecular weight is 364 g/mol. The summed E-state index contributed by atoms with van der Waals surface area (Å²) in [5.41, 5.74) is 0.241. The molecule has 0 aromatic carbocycles. The molecule has 1 N–H and O–H groups in total. The number of nitrogens with one attached hydrogen (secondary N) is 1. The molecule has 1 amide bonds. The number of aliphatic imine (C=N–C) groups is 1. The van der Waals surface area contributed by atoms with Crippen LogP contribution >= 0.6 is 0 Å². The van der Waals surface area contributed by atoms with Crippen LogP contribution in [0, 0.1) is 17.3 Å². The number of carbonyl (C=O) groups excluding carboxylic acids is 2. The van der Waals surface area contributed by atoms with Gasteiger partial charge in [-0.15, -0.1) is 0 Å². The Morgan fingerprint density at radius 3 is 2.65 bits per heavy atom. The highest BCUT2D eigenvalue weighted by Gasteiger charge is 2.65. The quantitative estimate of drug-likeness (QED) is 0.612. The lowest BCUT2D eigenvalue weighted by Crippen LogP contribution is -2.68. The van der Waals surface area contributed by atoms with Gasteiger partial charge in [0.1, 0.15) is 11.6 Å². The fraction of sp³-hybridized carbons (Fsp3) is 0.850. The zero-order valence-corrected chi connectivity index (χ0v) is 16.8. The summed E-state index contributed by atoms with van der Waals surface area (Å²) in [6.07, 6.45) is 2.86. The first kappa shape index (κ1) is 19.2. The summed E-state index contributed by atoms with van der Waals surface area (Å²) in [6.45, 7) is 12.5. The number of rotatable bonds is 4. The highest BCUT2D eigenvalue weighted by molar-refractivity contribution is 6.00. The van der Waals surface area contributed by atoms with Gasteiger partial charge in [0.25, 0.3) is 0 Å². The highest BCUT2D eigenvalue weighted by Crippen LogP contribution is 2.63. The summed E-state index contributed by atoms with van der Waals surface area (Å²) in [4.78, 5) is 28.9. The van der Waals surface area contributed by atoms with E-state index in [2.05, 4.69) is 19.2 Å². The summed E-state index contributed by atoms with van der Waals surface area (Å²) >= 11 is 0. The molecule has 0 aromatic heterocycles.